The molecule has 1 saturated carbocycles. The Bertz CT molecular complexity index is 336. The van der Waals surface area contributed by atoms with E-state index in [1.165, 1.54) is 31.0 Å². The lowest BCUT2D eigenvalue weighted by atomic mass is 9.87. The lowest BCUT2D eigenvalue weighted by molar-refractivity contribution is -0.121. The van der Waals surface area contributed by atoms with Gasteiger partial charge in [-0.2, -0.15) is 0 Å². The van der Waals surface area contributed by atoms with Gasteiger partial charge >= 0.3 is 0 Å². The number of Topliss-reactive ketones (excluding diaryl/α,β-unsaturated/α-hetero) is 1. The van der Waals surface area contributed by atoms with Crippen LogP contribution in [0.5, 0.6) is 0 Å². The molecule has 0 saturated heterocycles. The van der Waals surface area contributed by atoms with Crippen LogP contribution in [0.1, 0.15) is 32.1 Å². The minimum absolute atomic E-state index is 0.296. The van der Waals surface area contributed by atoms with Gasteiger partial charge in [0.15, 0.2) is 5.16 Å². The zero-order valence-electron chi connectivity index (χ0n) is 9.26. The van der Waals surface area contributed by atoms with Gasteiger partial charge in [-0.3, -0.25) is 4.79 Å². The maximum Gasteiger partial charge on any atom is 0.187 e. The SMILES string of the molecule is O=C(CSc1ncccn1)C1CCCCC1. The minimum Gasteiger partial charge on any atom is -0.298 e. The van der Waals surface area contributed by atoms with Crippen LogP contribution in [0, 0.1) is 5.92 Å². The normalized spacial score (nSPS) is 17.2. The van der Waals surface area contributed by atoms with E-state index in [4.69, 9.17) is 0 Å². The highest BCUT2D eigenvalue weighted by Crippen LogP contribution is 2.26. The summed E-state index contributed by atoms with van der Waals surface area (Å²) in [6.07, 6.45) is 9.29. The molecule has 16 heavy (non-hydrogen) atoms. The second-order valence-electron chi connectivity index (χ2n) is 4.12. The van der Waals surface area contributed by atoms with Gasteiger partial charge in [0.1, 0.15) is 5.78 Å². The van der Waals surface area contributed by atoms with E-state index in [1.807, 2.05) is 0 Å². The van der Waals surface area contributed by atoms with Crippen molar-refractivity contribution in [3.63, 3.8) is 0 Å². The average molecular weight is 236 g/mol. The van der Waals surface area contributed by atoms with E-state index in [0.29, 0.717) is 22.6 Å². The highest BCUT2D eigenvalue weighted by Gasteiger charge is 2.20. The molecule has 1 aromatic heterocycles. The predicted octanol–water partition coefficient (Wildman–Crippen LogP) is 2.72. The molecule has 0 aromatic carbocycles. The summed E-state index contributed by atoms with van der Waals surface area (Å²) >= 11 is 1.45. The first-order valence-corrected chi connectivity index (χ1v) is 6.77. The van der Waals surface area contributed by atoms with Gasteiger partial charge in [0.05, 0.1) is 5.75 Å². The van der Waals surface area contributed by atoms with Crippen LogP contribution in [0.4, 0.5) is 0 Å². The van der Waals surface area contributed by atoms with Gasteiger partial charge in [-0.05, 0) is 18.9 Å². The van der Waals surface area contributed by atoms with Crippen molar-refractivity contribution in [2.75, 3.05) is 5.75 Å². The van der Waals surface area contributed by atoms with Gasteiger partial charge in [0.25, 0.3) is 0 Å². The molecule has 86 valence electrons. The van der Waals surface area contributed by atoms with Crippen LogP contribution >= 0.6 is 11.8 Å². The minimum atomic E-state index is 0.296. The molecule has 3 nitrogen and oxygen atoms in total. The summed E-state index contributed by atoms with van der Waals surface area (Å²) in [4.78, 5) is 20.1. The Labute approximate surface area is 100 Å². The zero-order valence-corrected chi connectivity index (χ0v) is 10.1. The van der Waals surface area contributed by atoms with Crippen LogP contribution in [0.15, 0.2) is 23.6 Å². The number of carbonyl (C=O) groups is 1. The fourth-order valence-electron chi connectivity index (χ4n) is 2.04. The Balaban J connectivity index is 1.79. The Morgan fingerprint density at radius 3 is 2.62 bits per heavy atom. The smallest absolute Gasteiger partial charge is 0.187 e. The lowest BCUT2D eigenvalue weighted by Crippen LogP contribution is -2.19. The summed E-state index contributed by atoms with van der Waals surface area (Å²) in [5.74, 6) is 1.19. The molecule has 4 heteroatoms. The molecule has 0 unspecified atom stereocenters. The number of carbonyl (C=O) groups excluding carboxylic acids is 1. The Morgan fingerprint density at radius 2 is 1.94 bits per heavy atom. The number of aromatic nitrogens is 2. The molecule has 1 aromatic rings. The number of rotatable bonds is 4. The summed E-state index contributed by atoms with van der Waals surface area (Å²) < 4.78 is 0. The standard InChI is InChI=1S/C12H16N2OS/c15-11(10-5-2-1-3-6-10)9-16-12-13-7-4-8-14-12/h4,7-8,10H,1-3,5-6,9H2. The van der Waals surface area contributed by atoms with Crippen molar-refractivity contribution in [1.29, 1.82) is 0 Å². The monoisotopic (exact) mass is 236 g/mol. The summed E-state index contributed by atoms with van der Waals surface area (Å²) in [6.45, 7) is 0. The molecular weight excluding hydrogens is 220 g/mol. The van der Waals surface area contributed by atoms with Crippen molar-refractivity contribution in [1.82, 2.24) is 9.97 Å². The summed E-state index contributed by atoms with van der Waals surface area (Å²) in [7, 11) is 0. The van der Waals surface area contributed by atoms with Crippen molar-refractivity contribution in [2.24, 2.45) is 5.92 Å². The van der Waals surface area contributed by atoms with Crippen LogP contribution in [0.2, 0.25) is 0 Å². The molecule has 1 fully saturated rings. The van der Waals surface area contributed by atoms with Gasteiger partial charge in [-0.1, -0.05) is 31.0 Å². The first-order valence-electron chi connectivity index (χ1n) is 5.79. The number of hydrogen-bond acceptors (Lipinski definition) is 4. The van der Waals surface area contributed by atoms with E-state index >= 15 is 0 Å². The molecule has 0 bridgehead atoms. The maximum atomic E-state index is 11.9. The Hall–Kier alpha value is -0.900. The molecule has 0 aliphatic heterocycles. The van der Waals surface area contributed by atoms with Gasteiger partial charge in [0, 0.05) is 18.3 Å². The molecule has 0 spiro atoms. The van der Waals surface area contributed by atoms with Crippen LogP contribution in [0.25, 0.3) is 0 Å². The van der Waals surface area contributed by atoms with E-state index in [9.17, 15) is 4.79 Å². The third-order valence-corrected chi connectivity index (χ3v) is 3.84. The van der Waals surface area contributed by atoms with Gasteiger partial charge < -0.3 is 0 Å². The molecule has 0 amide bonds. The molecule has 0 radical (unpaired) electrons. The van der Waals surface area contributed by atoms with E-state index in [0.717, 1.165) is 12.8 Å². The lowest BCUT2D eigenvalue weighted by Gasteiger charge is -2.19. The summed E-state index contributed by atoms with van der Waals surface area (Å²) in [5.41, 5.74) is 0. The van der Waals surface area contributed by atoms with Crippen molar-refractivity contribution in [3.05, 3.63) is 18.5 Å². The fourth-order valence-corrected chi connectivity index (χ4v) is 2.82. The largest absolute Gasteiger partial charge is 0.298 e. The molecule has 1 heterocycles. The second-order valence-corrected chi connectivity index (χ2v) is 5.06. The second kappa shape index (κ2) is 5.99. The van der Waals surface area contributed by atoms with Gasteiger partial charge in [-0.15, -0.1) is 0 Å². The van der Waals surface area contributed by atoms with Crippen molar-refractivity contribution < 1.29 is 4.79 Å². The highest BCUT2D eigenvalue weighted by molar-refractivity contribution is 7.99. The molecule has 0 atom stereocenters. The molecule has 0 N–H and O–H groups in total. The molecule has 1 aliphatic carbocycles. The predicted molar refractivity (Wildman–Crippen MR) is 64.3 cm³/mol. The highest BCUT2D eigenvalue weighted by atomic mass is 32.2. The third-order valence-electron chi connectivity index (χ3n) is 2.95. The van der Waals surface area contributed by atoms with Crippen molar-refractivity contribution >= 4 is 17.5 Å². The molecular formula is C12H16N2OS. The molecule has 2 rings (SSSR count). The van der Waals surface area contributed by atoms with Crippen LogP contribution in [-0.4, -0.2) is 21.5 Å². The van der Waals surface area contributed by atoms with E-state index in [1.54, 1.807) is 18.5 Å². The number of thioether (sulfide) groups is 1. The Kier molecular flexibility index (Phi) is 4.34. The third kappa shape index (κ3) is 3.30. The van der Waals surface area contributed by atoms with E-state index in [2.05, 4.69) is 9.97 Å². The van der Waals surface area contributed by atoms with Gasteiger partial charge in [-0.25, -0.2) is 9.97 Å². The summed E-state index contributed by atoms with van der Waals surface area (Å²) in [5, 5.41) is 0.701. The molecule has 1 aliphatic rings. The van der Waals surface area contributed by atoms with Crippen LogP contribution in [0.3, 0.4) is 0 Å². The quantitative estimate of drug-likeness (QED) is 0.595. The number of hydrogen-bond donors (Lipinski definition) is 0. The first kappa shape index (κ1) is 11.6. The Morgan fingerprint density at radius 1 is 1.25 bits per heavy atom. The van der Waals surface area contributed by atoms with Crippen molar-refractivity contribution in [2.45, 2.75) is 37.3 Å². The number of ketones is 1. The topological polar surface area (TPSA) is 42.9 Å². The maximum absolute atomic E-state index is 11.9. The van der Waals surface area contributed by atoms with E-state index < -0.39 is 0 Å². The summed E-state index contributed by atoms with van der Waals surface area (Å²) in [6, 6.07) is 1.78. The number of nitrogens with zero attached hydrogens (tertiary/aromatic N) is 2. The van der Waals surface area contributed by atoms with E-state index in [-0.39, 0.29) is 0 Å². The fraction of sp³-hybridized carbons (Fsp3) is 0.583. The first-order chi connectivity index (χ1) is 7.86. The van der Waals surface area contributed by atoms with Crippen LogP contribution < -0.4 is 0 Å². The van der Waals surface area contributed by atoms with Gasteiger partial charge in [0.2, 0.25) is 0 Å². The zero-order chi connectivity index (χ0) is 11.2. The van der Waals surface area contributed by atoms with Crippen molar-refractivity contribution in [3.8, 4) is 0 Å². The average Bonchev–Trinajstić information content (AvgIpc) is 2.38. The van der Waals surface area contributed by atoms with Crippen LogP contribution in [-0.2, 0) is 4.79 Å².